The van der Waals surface area contributed by atoms with E-state index in [0.717, 1.165) is 0 Å². The third-order valence-electron chi connectivity index (χ3n) is 2.48. The van der Waals surface area contributed by atoms with E-state index < -0.39 is 5.97 Å². The van der Waals surface area contributed by atoms with Crippen LogP contribution in [0, 0.1) is 0 Å². The number of hydrogen-bond acceptors (Lipinski definition) is 2. The largest absolute Gasteiger partial charge is 0.481 e. The molecule has 3 nitrogen and oxygen atoms in total. The molecule has 5 heteroatoms. The van der Waals surface area contributed by atoms with Crippen molar-refractivity contribution in [2.24, 2.45) is 0 Å². The summed E-state index contributed by atoms with van der Waals surface area (Å²) in [6.07, 6.45) is -0.101. The lowest BCUT2D eigenvalue weighted by Gasteiger charge is -2.15. The van der Waals surface area contributed by atoms with Gasteiger partial charge in [-0.15, -0.1) is 0 Å². The summed E-state index contributed by atoms with van der Waals surface area (Å²) >= 11 is 12.1. The zero-order valence-corrected chi connectivity index (χ0v) is 12.6. The minimum Gasteiger partial charge on any atom is -0.481 e. The second-order valence-corrected chi connectivity index (χ2v) is 5.06. The van der Waals surface area contributed by atoms with Crippen molar-refractivity contribution in [3.8, 4) is 0 Å². The summed E-state index contributed by atoms with van der Waals surface area (Å²) < 4.78 is 0. The number of hydrogen-bond donors (Lipinski definition) is 2. The van der Waals surface area contributed by atoms with E-state index in [4.69, 9.17) is 28.3 Å². The van der Waals surface area contributed by atoms with Gasteiger partial charge in [0.1, 0.15) is 0 Å². The fraction of sp³-hybridized carbons (Fsp3) is 0.133. The topological polar surface area (TPSA) is 49.3 Å². The summed E-state index contributed by atoms with van der Waals surface area (Å²) in [5.74, 6) is -0.916. The van der Waals surface area contributed by atoms with Gasteiger partial charge in [-0.1, -0.05) is 54.6 Å². The van der Waals surface area contributed by atoms with E-state index >= 15 is 0 Å². The number of aliphatic carboxylic acids is 1. The first-order valence-electron chi connectivity index (χ1n) is 5.80. The number of carboxylic acid groups (broad SMARTS) is 1. The van der Waals surface area contributed by atoms with E-state index in [1.165, 1.54) is 0 Å². The molecule has 1 rings (SSSR count). The molecule has 0 heterocycles. The van der Waals surface area contributed by atoms with E-state index in [1.807, 2.05) is 0 Å². The maximum atomic E-state index is 10.9. The summed E-state index contributed by atoms with van der Waals surface area (Å²) in [6, 6.07) is 7.03. The van der Waals surface area contributed by atoms with E-state index in [2.05, 4.69) is 18.5 Å². The van der Waals surface area contributed by atoms with Crippen LogP contribution < -0.4 is 5.32 Å². The van der Waals surface area contributed by atoms with Crippen molar-refractivity contribution in [1.82, 2.24) is 0 Å². The van der Waals surface area contributed by atoms with Crippen LogP contribution in [0.25, 0.3) is 0 Å². The normalized spacial score (nSPS) is 11.6. The van der Waals surface area contributed by atoms with Crippen LogP contribution in [-0.2, 0) is 11.2 Å². The monoisotopic (exact) mass is 311 g/mol. The third kappa shape index (κ3) is 4.44. The maximum Gasteiger partial charge on any atom is 0.307 e. The number of carbonyl (C=O) groups is 1. The predicted octanol–water partition coefficient (Wildman–Crippen LogP) is 4.50. The molecule has 0 saturated heterocycles. The lowest BCUT2D eigenvalue weighted by molar-refractivity contribution is -0.136. The first-order chi connectivity index (χ1) is 9.32. The smallest absolute Gasteiger partial charge is 0.307 e. The molecule has 0 aliphatic carbocycles. The third-order valence-corrected chi connectivity index (χ3v) is 3.18. The minimum atomic E-state index is -0.916. The number of carboxylic acids is 1. The average molecular weight is 312 g/mol. The Kier molecular flexibility index (Phi) is 5.86. The van der Waals surface area contributed by atoms with Crippen LogP contribution in [-0.4, -0.2) is 11.1 Å². The molecule has 2 N–H and O–H groups in total. The van der Waals surface area contributed by atoms with Crippen LogP contribution >= 0.6 is 23.2 Å². The van der Waals surface area contributed by atoms with Gasteiger partial charge in [0, 0.05) is 5.69 Å². The second kappa shape index (κ2) is 7.17. The number of allylic oxidation sites excluding steroid dienone is 3. The molecule has 1 aromatic rings. The molecule has 0 aromatic heterocycles. The summed E-state index contributed by atoms with van der Waals surface area (Å²) in [4.78, 5) is 10.9. The molecule has 0 bridgehead atoms. The number of anilines is 1. The average Bonchev–Trinajstić information content (AvgIpc) is 2.35. The molecule has 0 spiro atoms. The molecule has 0 fully saturated rings. The van der Waals surface area contributed by atoms with Crippen molar-refractivity contribution in [1.29, 1.82) is 0 Å². The van der Waals surface area contributed by atoms with Gasteiger partial charge < -0.3 is 10.4 Å². The number of halogens is 2. The fourth-order valence-electron chi connectivity index (χ4n) is 1.55. The Bertz CT molecular complexity index is 591. The molecule has 0 radical (unpaired) electrons. The second-order valence-electron chi connectivity index (χ2n) is 4.23. The van der Waals surface area contributed by atoms with E-state index in [0.29, 0.717) is 27.6 Å². The summed E-state index contributed by atoms with van der Waals surface area (Å²) in [7, 11) is 0. The van der Waals surface area contributed by atoms with E-state index in [-0.39, 0.29) is 11.5 Å². The Morgan fingerprint density at radius 2 is 1.90 bits per heavy atom. The molecule has 0 aliphatic rings. The highest BCUT2D eigenvalue weighted by molar-refractivity contribution is 6.37. The zero-order chi connectivity index (χ0) is 15.3. The zero-order valence-electron chi connectivity index (χ0n) is 11.0. The number of para-hydroxylation sites is 1. The molecular formula is C15H15Cl2NO2. The molecule has 1 aromatic carbocycles. The van der Waals surface area contributed by atoms with Crippen molar-refractivity contribution in [3.63, 3.8) is 0 Å². The SMILES string of the molecule is C=C(C)/C(Cl)=C(/Nc1ccccc1CC(=O)O)C(=C)Cl. The molecule has 0 amide bonds. The Hall–Kier alpha value is -1.71. The van der Waals surface area contributed by atoms with Gasteiger partial charge in [-0.05, 0) is 24.1 Å². The Balaban J connectivity index is 3.19. The van der Waals surface area contributed by atoms with Crippen LogP contribution in [0.2, 0.25) is 0 Å². The van der Waals surface area contributed by atoms with Crippen molar-refractivity contribution >= 4 is 34.9 Å². The summed E-state index contributed by atoms with van der Waals surface area (Å²) in [6.45, 7) is 9.14. The van der Waals surface area contributed by atoms with Gasteiger partial charge in [0.15, 0.2) is 0 Å². The van der Waals surface area contributed by atoms with Crippen LogP contribution in [0.4, 0.5) is 5.69 Å². The van der Waals surface area contributed by atoms with Gasteiger partial charge in [-0.25, -0.2) is 0 Å². The van der Waals surface area contributed by atoms with Gasteiger partial charge in [0.25, 0.3) is 0 Å². The number of rotatable bonds is 6. The van der Waals surface area contributed by atoms with Crippen molar-refractivity contribution in [2.45, 2.75) is 13.3 Å². The summed E-state index contributed by atoms with van der Waals surface area (Å²) in [5, 5.41) is 12.5. The first kappa shape index (κ1) is 16.3. The lowest BCUT2D eigenvalue weighted by Crippen LogP contribution is -2.07. The minimum absolute atomic E-state index is 0.101. The molecule has 0 atom stereocenters. The Labute approximate surface area is 128 Å². The van der Waals surface area contributed by atoms with Gasteiger partial charge in [-0.3, -0.25) is 4.79 Å². The maximum absolute atomic E-state index is 10.9. The van der Waals surface area contributed by atoms with Crippen LogP contribution in [0.5, 0.6) is 0 Å². The molecule has 0 unspecified atom stereocenters. The van der Waals surface area contributed by atoms with E-state index in [1.54, 1.807) is 31.2 Å². The highest BCUT2D eigenvalue weighted by atomic mass is 35.5. The van der Waals surface area contributed by atoms with Crippen molar-refractivity contribution in [3.05, 3.63) is 64.3 Å². The highest BCUT2D eigenvalue weighted by Crippen LogP contribution is 2.28. The van der Waals surface area contributed by atoms with Gasteiger partial charge in [0.2, 0.25) is 0 Å². The van der Waals surface area contributed by atoms with Crippen molar-refractivity contribution < 1.29 is 9.90 Å². The lowest BCUT2D eigenvalue weighted by atomic mass is 10.1. The quantitative estimate of drug-likeness (QED) is 0.760. The molecular weight excluding hydrogens is 297 g/mol. The van der Waals surface area contributed by atoms with Crippen molar-refractivity contribution in [2.75, 3.05) is 5.32 Å². The van der Waals surface area contributed by atoms with Gasteiger partial charge in [-0.2, -0.15) is 0 Å². The van der Waals surface area contributed by atoms with Crippen LogP contribution in [0.1, 0.15) is 12.5 Å². The molecule has 0 saturated carbocycles. The molecule has 0 aliphatic heterocycles. The standard InChI is InChI=1S/C15H15Cl2NO2/c1-9(2)14(17)15(10(3)16)18-12-7-5-4-6-11(12)8-13(19)20/h4-7,18H,1,3,8H2,2H3,(H,19,20)/b15-14-. The van der Waals surface area contributed by atoms with Gasteiger partial charge in [0.05, 0.1) is 22.2 Å². The van der Waals surface area contributed by atoms with E-state index in [9.17, 15) is 4.79 Å². The first-order valence-corrected chi connectivity index (χ1v) is 6.55. The Morgan fingerprint density at radius 1 is 1.30 bits per heavy atom. The number of nitrogens with one attached hydrogen (secondary N) is 1. The fourth-order valence-corrected chi connectivity index (χ4v) is 1.90. The molecule has 20 heavy (non-hydrogen) atoms. The molecule has 106 valence electrons. The van der Waals surface area contributed by atoms with Crippen LogP contribution in [0.3, 0.4) is 0 Å². The predicted molar refractivity (Wildman–Crippen MR) is 84.1 cm³/mol. The van der Waals surface area contributed by atoms with Gasteiger partial charge >= 0.3 is 5.97 Å². The number of benzene rings is 1. The van der Waals surface area contributed by atoms with Crippen LogP contribution in [0.15, 0.2) is 58.8 Å². The summed E-state index contributed by atoms with van der Waals surface area (Å²) in [5.41, 5.74) is 2.29. The Morgan fingerprint density at radius 3 is 2.40 bits per heavy atom. The highest BCUT2D eigenvalue weighted by Gasteiger charge is 2.12.